The third-order valence-electron chi connectivity index (χ3n) is 5.48. The molecule has 1 aliphatic heterocycles. The lowest BCUT2D eigenvalue weighted by molar-refractivity contribution is 0.0989. The highest BCUT2D eigenvalue weighted by molar-refractivity contribution is 6.30. The lowest BCUT2D eigenvalue weighted by atomic mass is 10.0. The predicted molar refractivity (Wildman–Crippen MR) is 107 cm³/mol. The van der Waals surface area contributed by atoms with Crippen molar-refractivity contribution in [2.24, 2.45) is 7.05 Å². The molecule has 0 saturated heterocycles. The van der Waals surface area contributed by atoms with Gasteiger partial charge in [-0.3, -0.25) is 14.5 Å². The lowest BCUT2D eigenvalue weighted by Gasteiger charge is -2.26. The summed E-state index contributed by atoms with van der Waals surface area (Å²) in [7, 11) is 1.69. The minimum absolute atomic E-state index is 0.0777. The molecule has 0 radical (unpaired) electrons. The Bertz CT molecular complexity index is 1130. The highest BCUT2D eigenvalue weighted by Crippen LogP contribution is 2.44. The molecule has 1 aromatic carbocycles. The van der Waals surface area contributed by atoms with Crippen molar-refractivity contribution in [2.75, 3.05) is 4.90 Å². The Morgan fingerprint density at radius 1 is 1.18 bits per heavy atom. The summed E-state index contributed by atoms with van der Waals surface area (Å²) in [5.74, 6) is 1.19. The van der Waals surface area contributed by atoms with E-state index >= 15 is 0 Å². The van der Waals surface area contributed by atoms with Crippen LogP contribution >= 0.6 is 11.6 Å². The normalized spacial score (nSPS) is 18.6. The molecule has 6 nitrogen and oxygen atoms in total. The van der Waals surface area contributed by atoms with Crippen LogP contribution in [0.15, 0.2) is 41.3 Å². The number of fused-ring (bicyclic) bond motifs is 1. The number of nitrogens with zero attached hydrogens (tertiary/aromatic N) is 3. The molecule has 0 spiro atoms. The minimum Gasteiger partial charge on any atom is -0.337 e. The number of anilines is 1. The molecule has 7 heteroatoms. The van der Waals surface area contributed by atoms with Gasteiger partial charge in [0.1, 0.15) is 17.6 Å². The average molecular weight is 395 g/mol. The van der Waals surface area contributed by atoms with E-state index in [4.69, 9.17) is 16.6 Å². The molecule has 142 valence electrons. The summed E-state index contributed by atoms with van der Waals surface area (Å²) in [6.07, 6.45) is 3.91. The number of benzene rings is 1. The molecular weight excluding hydrogens is 376 g/mol. The van der Waals surface area contributed by atoms with Gasteiger partial charge in [0.15, 0.2) is 0 Å². The second-order valence-corrected chi connectivity index (χ2v) is 8.02. The second kappa shape index (κ2) is 6.07. The van der Waals surface area contributed by atoms with Gasteiger partial charge in [0.25, 0.3) is 11.5 Å². The molecule has 1 N–H and O–H groups in total. The third kappa shape index (κ3) is 2.59. The summed E-state index contributed by atoms with van der Waals surface area (Å²) >= 11 is 6.07. The fourth-order valence-corrected chi connectivity index (χ4v) is 4.01. The van der Waals surface area contributed by atoms with Crippen LogP contribution in [0.5, 0.6) is 0 Å². The Balaban J connectivity index is 1.68. The largest absolute Gasteiger partial charge is 0.337 e. The molecule has 0 bridgehead atoms. The number of imidazole rings is 1. The maximum absolute atomic E-state index is 13.4. The lowest BCUT2D eigenvalue weighted by Crippen LogP contribution is -2.31. The zero-order chi connectivity index (χ0) is 19.6. The van der Waals surface area contributed by atoms with Crippen LogP contribution in [0.3, 0.4) is 0 Å². The maximum atomic E-state index is 13.4. The van der Waals surface area contributed by atoms with Crippen molar-refractivity contribution in [3.8, 4) is 0 Å². The number of amides is 1. The number of rotatable bonds is 3. The van der Waals surface area contributed by atoms with Crippen molar-refractivity contribution in [3.05, 3.63) is 80.2 Å². The number of aromatic nitrogens is 3. The predicted octanol–water partition coefficient (Wildman–Crippen LogP) is 3.70. The zero-order valence-electron chi connectivity index (χ0n) is 15.6. The Kier molecular flexibility index (Phi) is 3.74. The fraction of sp³-hybridized carbons (Fsp3) is 0.286. The van der Waals surface area contributed by atoms with Crippen LogP contribution in [0.4, 0.5) is 5.69 Å². The first-order valence-corrected chi connectivity index (χ1v) is 9.68. The number of carbonyl (C=O) groups is 1. The number of nitrogens with one attached hydrogen (secondary N) is 1. The monoisotopic (exact) mass is 394 g/mol. The molecule has 5 rings (SSSR count). The Hall–Kier alpha value is -2.86. The van der Waals surface area contributed by atoms with E-state index in [0.717, 1.165) is 29.9 Å². The van der Waals surface area contributed by atoms with Gasteiger partial charge in [-0.1, -0.05) is 23.7 Å². The van der Waals surface area contributed by atoms with Crippen molar-refractivity contribution in [1.82, 2.24) is 14.5 Å². The van der Waals surface area contributed by atoms with Gasteiger partial charge in [0.2, 0.25) is 0 Å². The van der Waals surface area contributed by atoms with Gasteiger partial charge >= 0.3 is 0 Å². The number of carbonyl (C=O) groups excluding carboxylic acids is 1. The van der Waals surface area contributed by atoms with Gasteiger partial charge < -0.3 is 9.55 Å². The van der Waals surface area contributed by atoms with Crippen LogP contribution in [-0.2, 0) is 7.05 Å². The SMILES string of the molecule is Cc1cc(N2C(=O)c3[nH]c(C4CC4)nc3C2c2ccc(Cl)cc2)cn(C)c1=O. The highest BCUT2D eigenvalue weighted by atomic mass is 35.5. The number of hydrogen-bond acceptors (Lipinski definition) is 3. The van der Waals surface area contributed by atoms with E-state index in [-0.39, 0.29) is 17.5 Å². The first kappa shape index (κ1) is 17.3. The molecule has 1 fully saturated rings. The summed E-state index contributed by atoms with van der Waals surface area (Å²) < 4.78 is 1.51. The molecule has 2 aromatic heterocycles. The Labute approximate surface area is 166 Å². The van der Waals surface area contributed by atoms with Gasteiger partial charge in [0.05, 0.1) is 11.4 Å². The summed E-state index contributed by atoms with van der Waals surface area (Å²) in [5, 5.41) is 0.637. The number of aryl methyl sites for hydroxylation is 2. The highest BCUT2D eigenvalue weighted by Gasteiger charge is 2.43. The topological polar surface area (TPSA) is 71.0 Å². The van der Waals surface area contributed by atoms with Gasteiger partial charge in [-0.05, 0) is 43.5 Å². The molecule has 28 heavy (non-hydrogen) atoms. The van der Waals surface area contributed by atoms with E-state index in [0.29, 0.717) is 27.9 Å². The molecule has 1 atom stereocenters. The van der Waals surface area contributed by atoms with Gasteiger partial charge in [-0.15, -0.1) is 0 Å². The third-order valence-corrected chi connectivity index (χ3v) is 5.73. The van der Waals surface area contributed by atoms with Gasteiger partial charge in [-0.2, -0.15) is 0 Å². The van der Waals surface area contributed by atoms with Crippen molar-refractivity contribution in [1.29, 1.82) is 0 Å². The smallest absolute Gasteiger partial charge is 0.277 e. The van der Waals surface area contributed by atoms with E-state index in [1.807, 2.05) is 24.3 Å². The van der Waals surface area contributed by atoms with E-state index < -0.39 is 0 Å². The molecular formula is C21H19ClN4O2. The van der Waals surface area contributed by atoms with Crippen molar-refractivity contribution < 1.29 is 4.79 Å². The summed E-state index contributed by atoms with van der Waals surface area (Å²) in [4.78, 5) is 35.3. The van der Waals surface area contributed by atoms with Crippen LogP contribution in [0.1, 0.15) is 57.9 Å². The van der Waals surface area contributed by atoms with E-state index in [2.05, 4.69) is 4.98 Å². The van der Waals surface area contributed by atoms with Crippen molar-refractivity contribution >= 4 is 23.2 Å². The van der Waals surface area contributed by atoms with E-state index in [9.17, 15) is 9.59 Å². The first-order chi connectivity index (χ1) is 13.4. The summed E-state index contributed by atoms with van der Waals surface area (Å²) in [5.41, 5.74) is 3.38. The van der Waals surface area contributed by atoms with Crippen LogP contribution in [-0.4, -0.2) is 20.4 Å². The van der Waals surface area contributed by atoms with Crippen LogP contribution in [0.2, 0.25) is 5.02 Å². The van der Waals surface area contributed by atoms with Crippen LogP contribution in [0, 0.1) is 6.92 Å². The number of aromatic amines is 1. The first-order valence-electron chi connectivity index (χ1n) is 9.30. The molecule has 3 aromatic rings. The van der Waals surface area contributed by atoms with Crippen molar-refractivity contribution in [2.45, 2.75) is 31.7 Å². The number of H-pyrrole nitrogens is 1. The van der Waals surface area contributed by atoms with Gasteiger partial charge in [0, 0.05) is 29.7 Å². The summed E-state index contributed by atoms with van der Waals surface area (Å²) in [6.45, 7) is 1.76. The number of hydrogen-bond donors (Lipinski definition) is 1. The van der Waals surface area contributed by atoms with E-state index in [1.54, 1.807) is 31.1 Å². The van der Waals surface area contributed by atoms with E-state index in [1.165, 1.54) is 4.57 Å². The van der Waals surface area contributed by atoms with Crippen molar-refractivity contribution in [3.63, 3.8) is 0 Å². The average Bonchev–Trinajstić information content (AvgIpc) is 3.37. The standard InChI is InChI=1S/C21H19ClN4O2/c1-11-9-15(10-25(2)20(11)27)26-18(12-5-7-14(22)8-6-12)16-17(21(26)28)24-19(23-16)13-3-4-13/h5-10,13,18H,3-4H2,1-2H3,(H,23,24). The number of halogens is 1. The van der Waals surface area contributed by atoms with Crippen LogP contribution < -0.4 is 10.5 Å². The van der Waals surface area contributed by atoms with Gasteiger partial charge in [-0.25, -0.2) is 4.98 Å². The zero-order valence-corrected chi connectivity index (χ0v) is 16.3. The molecule has 3 heterocycles. The number of pyridine rings is 1. The maximum Gasteiger partial charge on any atom is 0.277 e. The fourth-order valence-electron chi connectivity index (χ4n) is 3.88. The molecule has 1 saturated carbocycles. The molecule has 1 unspecified atom stereocenters. The molecule has 1 amide bonds. The minimum atomic E-state index is -0.361. The Morgan fingerprint density at radius 2 is 1.89 bits per heavy atom. The molecule has 1 aliphatic carbocycles. The quantitative estimate of drug-likeness (QED) is 0.736. The summed E-state index contributed by atoms with van der Waals surface area (Å²) in [6, 6.07) is 8.87. The molecule has 2 aliphatic rings. The van der Waals surface area contributed by atoms with Crippen LogP contribution in [0.25, 0.3) is 0 Å². The Morgan fingerprint density at radius 3 is 2.54 bits per heavy atom. The second-order valence-electron chi connectivity index (χ2n) is 7.58.